The Balaban J connectivity index is 1.78. The van der Waals surface area contributed by atoms with E-state index >= 15 is 0 Å². The van der Waals surface area contributed by atoms with Crippen LogP contribution in [0.15, 0.2) is 24.3 Å². The molecule has 0 spiro atoms. The van der Waals surface area contributed by atoms with E-state index in [2.05, 4.69) is 22.2 Å². The van der Waals surface area contributed by atoms with Gasteiger partial charge >= 0.3 is 5.97 Å². The van der Waals surface area contributed by atoms with Gasteiger partial charge in [0.2, 0.25) is 0 Å². The van der Waals surface area contributed by atoms with Crippen LogP contribution in [-0.2, 0) is 4.74 Å². The zero-order chi connectivity index (χ0) is 21.3. The molecule has 2 aromatic heterocycles. The molecule has 8 heteroatoms. The maximum atomic E-state index is 12.6. The highest BCUT2D eigenvalue weighted by Crippen LogP contribution is 2.37. The number of carbonyl (C=O) groups is 1. The van der Waals surface area contributed by atoms with E-state index in [-0.39, 0.29) is 5.97 Å². The van der Waals surface area contributed by atoms with E-state index in [1.165, 1.54) is 0 Å². The molecule has 4 rings (SSSR count). The molecule has 0 radical (unpaired) electrons. The van der Waals surface area contributed by atoms with Gasteiger partial charge in [0.25, 0.3) is 0 Å². The largest absolute Gasteiger partial charge is 0.462 e. The Hall–Kier alpha value is -2.71. The summed E-state index contributed by atoms with van der Waals surface area (Å²) in [6.45, 7) is 9.84. The van der Waals surface area contributed by atoms with E-state index in [9.17, 15) is 4.79 Å². The number of esters is 1. The van der Waals surface area contributed by atoms with Crippen molar-refractivity contribution in [2.75, 3.05) is 50.1 Å². The van der Waals surface area contributed by atoms with Crippen molar-refractivity contribution >= 4 is 45.0 Å². The molecule has 0 unspecified atom stereocenters. The maximum absolute atomic E-state index is 12.6. The van der Waals surface area contributed by atoms with Crippen LogP contribution >= 0.6 is 11.3 Å². The second-order valence-electron chi connectivity index (χ2n) is 7.51. The lowest BCUT2D eigenvalue weighted by Crippen LogP contribution is -2.45. The predicted molar refractivity (Wildman–Crippen MR) is 122 cm³/mol. The minimum Gasteiger partial charge on any atom is -0.462 e. The minimum absolute atomic E-state index is 0.309. The van der Waals surface area contributed by atoms with Crippen LogP contribution in [0, 0.1) is 13.8 Å². The summed E-state index contributed by atoms with van der Waals surface area (Å²) >= 11 is 1.54. The fraction of sp³-hybridized carbons (Fsp3) is 0.409. The number of benzene rings is 1. The van der Waals surface area contributed by atoms with Crippen LogP contribution in [0.2, 0.25) is 0 Å². The molecule has 1 fully saturated rings. The summed E-state index contributed by atoms with van der Waals surface area (Å²) in [7, 11) is 2.13. The fourth-order valence-corrected chi connectivity index (χ4v) is 4.63. The van der Waals surface area contributed by atoms with Gasteiger partial charge < -0.3 is 19.9 Å². The first-order valence-corrected chi connectivity index (χ1v) is 11.0. The molecule has 1 N–H and O–H groups in total. The van der Waals surface area contributed by atoms with Crippen LogP contribution in [0.4, 0.5) is 16.6 Å². The van der Waals surface area contributed by atoms with Gasteiger partial charge in [0.1, 0.15) is 5.00 Å². The normalized spacial score (nSPS) is 14.9. The number of carbonyl (C=O) groups excluding carboxylic acids is 1. The van der Waals surface area contributed by atoms with Gasteiger partial charge in [-0.1, -0.05) is 12.1 Å². The number of fused-ring (bicyclic) bond motifs is 1. The van der Waals surface area contributed by atoms with Crippen molar-refractivity contribution in [1.82, 2.24) is 14.9 Å². The van der Waals surface area contributed by atoms with Crippen LogP contribution < -0.4 is 10.2 Å². The van der Waals surface area contributed by atoms with Gasteiger partial charge in [-0.25, -0.2) is 14.8 Å². The van der Waals surface area contributed by atoms with E-state index in [1.807, 2.05) is 45.0 Å². The first kappa shape index (κ1) is 20.6. The van der Waals surface area contributed by atoms with Gasteiger partial charge in [0.05, 0.1) is 23.2 Å². The number of para-hydroxylation sites is 2. The lowest BCUT2D eigenvalue weighted by atomic mass is 10.1. The number of rotatable bonds is 5. The number of likely N-dealkylation sites (N-methyl/N-ethyl adjacent to an activating group) is 1. The van der Waals surface area contributed by atoms with Gasteiger partial charge in [-0.15, -0.1) is 11.3 Å². The Morgan fingerprint density at radius 3 is 2.47 bits per heavy atom. The highest BCUT2D eigenvalue weighted by Gasteiger charge is 2.25. The first-order chi connectivity index (χ1) is 14.5. The Morgan fingerprint density at radius 1 is 1.13 bits per heavy atom. The number of nitrogens with zero attached hydrogens (tertiary/aromatic N) is 4. The predicted octanol–water partition coefficient (Wildman–Crippen LogP) is 3.98. The zero-order valence-corrected chi connectivity index (χ0v) is 18.7. The third-order valence-corrected chi connectivity index (χ3v) is 6.57. The molecule has 3 aromatic rings. The van der Waals surface area contributed by atoms with Gasteiger partial charge in [0.15, 0.2) is 11.6 Å². The monoisotopic (exact) mass is 425 g/mol. The number of piperazine rings is 1. The molecular weight excluding hydrogens is 398 g/mol. The molecule has 1 aliphatic heterocycles. The standard InChI is InChI=1S/C22H27N5O2S/c1-5-29-22(28)18-14(2)15(3)30-21(18)25-19-20(27-12-10-26(4)11-13-27)24-17-9-7-6-8-16(17)23-19/h6-9H,5,10-13H2,1-4H3,(H,23,25). The lowest BCUT2D eigenvalue weighted by molar-refractivity contribution is 0.0527. The van der Waals surface area contributed by atoms with Crippen molar-refractivity contribution in [2.45, 2.75) is 20.8 Å². The maximum Gasteiger partial charge on any atom is 0.341 e. The van der Waals surface area contributed by atoms with E-state index in [1.54, 1.807) is 11.3 Å². The van der Waals surface area contributed by atoms with Crippen LogP contribution in [-0.4, -0.2) is 60.7 Å². The van der Waals surface area contributed by atoms with Crippen LogP contribution in [0.1, 0.15) is 27.7 Å². The van der Waals surface area contributed by atoms with Gasteiger partial charge in [-0.05, 0) is 45.5 Å². The molecule has 0 amide bonds. The Morgan fingerprint density at radius 2 is 1.80 bits per heavy atom. The smallest absolute Gasteiger partial charge is 0.341 e. The summed E-state index contributed by atoms with van der Waals surface area (Å²) in [6.07, 6.45) is 0. The molecule has 1 aliphatic rings. The molecule has 0 atom stereocenters. The molecule has 7 nitrogen and oxygen atoms in total. The second kappa shape index (κ2) is 8.57. The third-order valence-electron chi connectivity index (χ3n) is 5.45. The average Bonchev–Trinajstić information content (AvgIpc) is 3.01. The van der Waals surface area contributed by atoms with Crippen molar-refractivity contribution in [2.24, 2.45) is 0 Å². The van der Waals surface area contributed by atoms with Crippen molar-refractivity contribution in [1.29, 1.82) is 0 Å². The topological polar surface area (TPSA) is 70.6 Å². The fourth-order valence-electron chi connectivity index (χ4n) is 3.58. The molecule has 1 aromatic carbocycles. The molecule has 0 aliphatic carbocycles. The van der Waals surface area contributed by atoms with Gasteiger partial charge in [-0.2, -0.15) is 0 Å². The number of aryl methyl sites for hydroxylation is 1. The van der Waals surface area contributed by atoms with E-state index in [0.29, 0.717) is 18.0 Å². The minimum atomic E-state index is -0.309. The number of nitrogens with one attached hydrogen (secondary N) is 1. The SMILES string of the molecule is CCOC(=O)c1c(Nc2nc3ccccc3nc2N2CCN(C)CC2)sc(C)c1C. The van der Waals surface area contributed by atoms with Crippen molar-refractivity contribution in [3.05, 3.63) is 40.3 Å². The average molecular weight is 426 g/mol. The quantitative estimate of drug-likeness (QED) is 0.620. The van der Waals surface area contributed by atoms with E-state index in [0.717, 1.165) is 58.5 Å². The number of hydrogen-bond donors (Lipinski definition) is 1. The summed E-state index contributed by atoms with van der Waals surface area (Å²) in [4.78, 5) is 28.1. The number of aromatic nitrogens is 2. The molecule has 3 heterocycles. The molecular formula is C22H27N5O2S. The number of anilines is 3. The summed E-state index contributed by atoms with van der Waals surface area (Å²) in [6, 6.07) is 7.87. The Bertz CT molecular complexity index is 1070. The zero-order valence-electron chi connectivity index (χ0n) is 17.9. The molecule has 1 saturated heterocycles. The van der Waals surface area contributed by atoms with E-state index < -0.39 is 0 Å². The Labute approximate surface area is 180 Å². The van der Waals surface area contributed by atoms with Crippen molar-refractivity contribution in [3.63, 3.8) is 0 Å². The Kier molecular flexibility index (Phi) is 5.87. The molecule has 0 bridgehead atoms. The number of thiophene rings is 1. The molecule has 158 valence electrons. The van der Waals surface area contributed by atoms with Crippen molar-refractivity contribution < 1.29 is 9.53 Å². The molecule has 30 heavy (non-hydrogen) atoms. The second-order valence-corrected chi connectivity index (χ2v) is 8.73. The van der Waals surface area contributed by atoms with Crippen LogP contribution in [0.5, 0.6) is 0 Å². The number of ether oxygens (including phenoxy) is 1. The summed E-state index contributed by atoms with van der Waals surface area (Å²) < 4.78 is 5.30. The number of hydrogen-bond acceptors (Lipinski definition) is 8. The van der Waals surface area contributed by atoms with Gasteiger partial charge in [-0.3, -0.25) is 0 Å². The van der Waals surface area contributed by atoms with E-state index in [4.69, 9.17) is 14.7 Å². The van der Waals surface area contributed by atoms with Crippen LogP contribution in [0.3, 0.4) is 0 Å². The third kappa shape index (κ3) is 3.97. The summed E-state index contributed by atoms with van der Waals surface area (Å²) in [5.41, 5.74) is 3.20. The lowest BCUT2D eigenvalue weighted by Gasteiger charge is -2.34. The van der Waals surface area contributed by atoms with Crippen LogP contribution in [0.25, 0.3) is 11.0 Å². The highest BCUT2D eigenvalue weighted by atomic mass is 32.1. The van der Waals surface area contributed by atoms with Gasteiger partial charge in [0, 0.05) is 31.1 Å². The molecule has 0 saturated carbocycles. The first-order valence-electron chi connectivity index (χ1n) is 10.2. The summed E-state index contributed by atoms with van der Waals surface area (Å²) in [5, 5.41) is 4.18. The van der Waals surface area contributed by atoms with Crippen molar-refractivity contribution in [3.8, 4) is 0 Å². The summed E-state index contributed by atoms with van der Waals surface area (Å²) in [5.74, 6) is 1.18. The highest BCUT2D eigenvalue weighted by molar-refractivity contribution is 7.16.